The van der Waals surface area contributed by atoms with Crippen molar-refractivity contribution >= 4 is 5.96 Å². The third-order valence-electron chi connectivity index (χ3n) is 4.23. The van der Waals surface area contributed by atoms with Crippen molar-refractivity contribution in [2.24, 2.45) is 16.6 Å². The number of aliphatic imine (C=N–C) groups is 1. The molecule has 1 rings (SSSR count). The van der Waals surface area contributed by atoms with Gasteiger partial charge in [-0.05, 0) is 25.2 Å². The van der Waals surface area contributed by atoms with Gasteiger partial charge in [0.15, 0.2) is 5.96 Å². The molecule has 3 N–H and O–H groups in total. The molecular formula is C16H33N3. The van der Waals surface area contributed by atoms with E-state index in [2.05, 4.69) is 24.2 Å². The number of rotatable bonds is 10. The molecule has 0 radical (unpaired) electrons. The van der Waals surface area contributed by atoms with E-state index in [1.54, 1.807) is 0 Å². The van der Waals surface area contributed by atoms with Crippen molar-refractivity contribution in [1.82, 2.24) is 5.32 Å². The van der Waals surface area contributed by atoms with Gasteiger partial charge < -0.3 is 11.1 Å². The molecule has 1 aliphatic rings. The summed E-state index contributed by atoms with van der Waals surface area (Å²) in [6.45, 7) is 5.46. The number of nitrogens with two attached hydrogens (primary N) is 1. The van der Waals surface area contributed by atoms with Gasteiger partial charge in [0.2, 0.25) is 0 Å². The van der Waals surface area contributed by atoms with Crippen LogP contribution in [0.3, 0.4) is 0 Å². The summed E-state index contributed by atoms with van der Waals surface area (Å²) in [5.74, 6) is 1.44. The smallest absolute Gasteiger partial charge is 0.188 e. The average Bonchev–Trinajstić information content (AvgIpc) is 2.42. The molecule has 0 fully saturated rings. The Morgan fingerprint density at radius 3 is 2.47 bits per heavy atom. The van der Waals surface area contributed by atoms with Crippen LogP contribution >= 0.6 is 0 Å². The van der Waals surface area contributed by atoms with Gasteiger partial charge in [-0.3, -0.25) is 4.99 Å². The Bertz CT molecular complexity index is 250. The van der Waals surface area contributed by atoms with Crippen LogP contribution in [0.25, 0.3) is 0 Å². The van der Waals surface area contributed by atoms with Crippen LogP contribution in [-0.4, -0.2) is 18.5 Å². The summed E-state index contributed by atoms with van der Waals surface area (Å²) < 4.78 is 0. The van der Waals surface area contributed by atoms with Crippen molar-refractivity contribution < 1.29 is 0 Å². The van der Waals surface area contributed by atoms with Gasteiger partial charge in [-0.15, -0.1) is 0 Å². The Morgan fingerprint density at radius 1 is 1.11 bits per heavy atom. The molecule has 0 amide bonds. The van der Waals surface area contributed by atoms with Gasteiger partial charge in [0.05, 0.1) is 0 Å². The van der Waals surface area contributed by atoms with Crippen molar-refractivity contribution in [3.05, 3.63) is 0 Å². The highest BCUT2D eigenvalue weighted by Gasteiger charge is 2.23. The Kier molecular flexibility index (Phi) is 8.68. The molecule has 0 saturated heterocycles. The molecular weight excluding hydrogens is 234 g/mol. The van der Waals surface area contributed by atoms with Crippen molar-refractivity contribution in [2.45, 2.75) is 84.1 Å². The minimum absolute atomic E-state index is 0.565. The number of nitrogens with one attached hydrogen (secondary N) is 1. The molecule has 2 atom stereocenters. The number of guanidine groups is 1. The van der Waals surface area contributed by atoms with Crippen LogP contribution in [0.15, 0.2) is 4.99 Å². The van der Waals surface area contributed by atoms with E-state index in [1.807, 2.05) is 0 Å². The summed E-state index contributed by atoms with van der Waals surface area (Å²) in [6, 6.07) is 0.565. The Morgan fingerprint density at radius 2 is 1.79 bits per heavy atom. The summed E-state index contributed by atoms with van der Waals surface area (Å²) >= 11 is 0. The van der Waals surface area contributed by atoms with Crippen molar-refractivity contribution in [3.63, 3.8) is 0 Å². The van der Waals surface area contributed by atoms with Crippen molar-refractivity contribution in [1.29, 1.82) is 0 Å². The molecule has 0 aromatic heterocycles. The predicted octanol–water partition coefficient (Wildman–Crippen LogP) is 3.83. The summed E-state index contributed by atoms with van der Waals surface area (Å²) in [7, 11) is 0. The molecule has 0 aliphatic carbocycles. The van der Waals surface area contributed by atoms with Gasteiger partial charge in [0, 0.05) is 12.6 Å². The highest BCUT2D eigenvalue weighted by molar-refractivity contribution is 5.78. The largest absolute Gasteiger partial charge is 0.370 e. The Hall–Kier alpha value is -0.730. The van der Waals surface area contributed by atoms with E-state index in [1.165, 1.54) is 57.8 Å². The average molecular weight is 267 g/mol. The van der Waals surface area contributed by atoms with E-state index < -0.39 is 0 Å². The third kappa shape index (κ3) is 6.84. The standard InChI is InChI=1S/C16H33N3/c1-3-5-7-8-9-11-14(10-6-4-2)15-12-13-18-16(17)19-15/h14-15H,3-13H2,1-2H3,(H3,17,18,19). The lowest BCUT2D eigenvalue weighted by molar-refractivity contribution is 0.308. The molecule has 0 aromatic rings. The van der Waals surface area contributed by atoms with Gasteiger partial charge in [0.1, 0.15) is 0 Å². The molecule has 19 heavy (non-hydrogen) atoms. The van der Waals surface area contributed by atoms with Crippen LogP contribution in [0.4, 0.5) is 0 Å². The van der Waals surface area contributed by atoms with Crippen molar-refractivity contribution in [3.8, 4) is 0 Å². The zero-order valence-corrected chi connectivity index (χ0v) is 13.0. The first-order valence-corrected chi connectivity index (χ1v) is 8.34. The summed E-state index contributed by atoms with van der Waals surface area (Å²) in [5, 5.41) is 3.41. The van der Waals surface area contributed by atoms with Crippen LogP contribution in [0.2, 0.25) is 0 Å². The van der Waals surface area contributed by atoms with E-state index in [0.29, 0.717) is 12.0 Å². The maximum atomic E-state index is 5.82. The van der Waals surface area contributed by atoms with E-state index in [9.17, 15) is 0 Å². The van der Waals surface area contributed by atoms with E-state index >= 15 is 0 Å². The number of hydrogen-bond acceptors (Lipinski definition) is 3. The maximum absolute atomic E-state index is 5.82. The van der Waals surface area contributed by atoms with Crippen LogP contribution in [0.5, 0.6) is 0 Å². The van der Waals surface area contributed by atoms with Crippen LogP contribution in [0, 0.1) is 5.92 Å². The summed E-state index contributed by atoms with van der Waals surface area (Å²) in [6.07, 6.45) is 13.4. The first kappa shape index (κ1) is 16.3. The molecule has 1 aliphatic heterocycles. The zero-order valence-electron chi connectivity index (χ0n) is 13.0. The normalized spacial score (nSPS) is 20.7. The number of nitrogens with zero attached hydrogens (tertiary/aromatic N) is 1. The molecule has 3 heteroatoms. The highest BCUT2D eigenvalue weighted by Crippen LogP contribution is 2.24. The maximum Gasteiger partial charge on any atom is 0.188 e. The summed E-state index contributed by atoms with van der Waals surface area (Å²) in [4.78, 5) is 4.25. The fraction of sp³-hybridized carbons (Fsp3) is 0.938. The lowest BCUT2D eigenvalue weighted by atomic mass is 9.86. The second-order valence-electron chi connectivity index (χ2n) is 5.91. The van der Waals surface area contributed by atoms with Crippen LogP contribution in [-0.2, 0) is 0 Å². The number of unbranched alkanes of at least 4 members (excludes halogenated alkanes) is 5. The SMILES string of the molecule is CCCCCCCC(CCCC)C1CCN=C(N)N1. The van der Waals surface area contributed by atoms with Gasteiger partial charge in [-0.2, -0.15) is 0 Å². The Labute approximate surface area is 119 Å². The Balaban J connectivity index is 2.31. The van der Waals surface area contributed by atoms with Crippen LogP contribution < -0.4 is 11.1 Å². The second kappa shape index (κ2) is 10.1. The van der Waals surface area contributed by atoms with Gasteiger partial charge >= 0.3 is 0 Å². The fourth-order valence-electron chi connectivity index (χ4n) is 3.01. The van der Waals surface area contributed by atoms with Gasteiger partial charge in [-0.1, -0.05) is 58.8 Å². The van der Waals surface area contributed by atoms with Crippen molar-refractivity contribution in [2.75, 3.05) is 6.54 Å². The molecule has 3 nitrogen and oxygen atoms in total. The molecule has 0 saturated carbocycles. The van der Waals surface area contributed by atoms with E-state index in [0.717, 1.165) is 18.9 Å². The van der Waals surface area contributed by atoms with Gasteiger partial charge in [0.25, 0.3) is 0 Å². The quantitative estimate of drug-likeness (QED) is 0.591. The molecule has 0 spiro atoms. The molecule has 2 unspecified atom stereocenters. The first-order chi connectivity index (χ1) is 9.27. The molecule has 112 valence electrons. The molecule has 0 bridgehead atoms. The van der Waals surface area contributed by atoms with Gasteiger partial charge in [-0.25, -0.2) is 0 Å². The molecule has 0 aromatic carbocycles. The lowest BCUT2D eigenvalue weighted by Gasteiger charge is -2.31. The minimum atomic E-state index is 0.565. The van der Waals surface area contributed by atoms with Crippen LogP contribution in [0.1, 0.15) is 78.1 Å². The highest BCUT2D eigenvalue weighted by atomic mass is 15.1. The fourth-order valence-corrected chi connectivity index (χ4v) is 3.01. The second-order valence-corrected chi connectivity index (χ2v) is 5.91. The topological polar surface area (TPSA) is 50.4 Å². The molecule has 1 heterocycles. The number of hydrogen-bond donors (Lipinski definition) is 2. The minimum Gasteiger partial charge on any atom is -0.370 e. The van der Waals surface area contributed by atoms with E-state index in [4.69, 9.17) is 5.73 Å². The monoisotopic (exact) mass is 267 g/mol. The summed E-state index contributed by atoms with van der Waals surface area (Å²) in [5.41, 5.74) is 5.82. The van der Waals surface area contributed by atoms with E-state index in [-0.39, 0.29) is 0 Å². The lowest BCUT2D eigenvalue weighted by Crippen LogP contribution is -2.47. The predicted molar refractivity (Wildman–Crippen MR) is 84.4 cm³/mol. The first-order valence-electron chi connectivity index (χ1n) is 8.34. The zero-order chi connectivity index (χ0) is 13.9. The third-order valence-corrected chi connectivity index (χ3v) is 4.23.